The van der Waals surface area contributed by atoms with Crippen LogP contribution in [-0.4, -0.2) is 6.10 Å². The van der Waals surface area contributed by atoms with E-state index in [1.54, 1.807) is 0 Å². The highest BCUT2D eigenvalue weighted by Crippen LogP contribution is 2.22. The molecule has 104 valence electrons. The van der Waals surface area contributed by atoms with Crippen LogP contribution in [0.1, 0.15) is 25.0 Å². The Labute approximate surface area is 120 Å². The minimum atomic E-state index is 0.174. The number of aryl methyl sites for hydroxylation is 1. The minimum Gasteiger partial charge on any atom is -0.491 e. The Hall–Kier alpha value is -2.22. The predicted molar refractivity (Wildman–Crippen MR) is 83.0 cm³/mol. The van der Waals surface area contributed by atoms with Gasteiger partial charge in [-0.05, 0) is 57.2 Å². The van der Waals surface area contributed by atoms with Crippen LogP contribution in [-0.2, 0) is 0 Å². The molecular weight excluding hydrogens is 248 g/mol. The Morgan fingerprint density at radius 2 is 1.45 bits per heavy atom. The molecule has 0 fully saturated rings. The fourth-order valence-corrected chi connectivity index (χ4v) is 1.80. The molecule has 0 aliphatic heterocycles. The van der Waals surface area contributed by atoms with E-state index in [-0.39, 0.29) is 6.10 Å². The second-order valence-corrected chi connectivity index (χ2v) is 5.03. The Kier molecular flexibility index (Phi) is 4.46. The molecule has 0 saturated carbocycles. The Balaban J connectivity index is 2.03. The summed E-state index contributed by atoms with van der Waals surface area (Å²) in [6.07, 6.45) is 0.174. The van der Waals surface area contributed by atoms with Crippen molar-refractivity contribution in [3.05, 3.63) is 66.2 Å². The third-order valence-electron chi connectivity index (χ3n) is 2.81. The standard InChI is InChI=1S/C18H20O2/c1-13(2)19-17-11-7-16(8-12-17)15(4)20-18-9-5-14(3)6-10-18/h5-13H,4H2,1-3H3. The van der Waals surface area contributed by atoms with Crippen LogP contribution in [0.15, 0.2) is 55.1 Å². The highest BCUT2D eigenvalue weighted by molar-refractivity contribution is 5.60. The van der Waals surface area contributed by atoms with E-state index in [4.69, 9.17) is 9.47 Å². The van der Waals surface area contributed by atoms with E-state index in [1.807, 2.05) is 69.3 Å². The molecule has 2 aromatic carbocycles. The van der Waals surface area contributed by atoms with E-state index < -0.39 is 0 Å². The minimum absolute atomic E-state index is 0.174. The summed E-state index contributed by atoms with van der Waals surface area (Å²) in [4.78, 5) is 0. The predicted octanol–water partition coefficient (Wildman–Crippen LogP) is 4.83. The maximum absolute atomic E-state index is 5.74. The molecule has 0 saturated heterocycles. The number of ether oxygens (including phenoxy) is 2. The van der Waals surface area contributed by atoms with Gasteiger partial charge in [-0.15, -0.1) is 0 Å². The molecule has 0 aliphatic carbocycles. The van der Waals surface area contributed by atoms with Crippen LogP contribution in [0.4, 0.5) is 0 Å². The van der Waals surface area contributed by atoms with Gasteiger partial charge in [0.2, 0.25) is 0 Å². The first-order valence-corrected chi connectivity index (χ1v) is 6.75. The average molecular weight is 268 g/mol. The second kappa shape index (κ2) is 6.29. The van der Waals surface area contributed by atoms with Crippen LogP contribution in [0.5, 0.6) is 11.5 Å². The van der Waals surface area contributed by atoms with E-state index in [2.05, 4.69) is 6.58 Å². The van der Waals surface area contributed by atoms with Crippen LogP contribution < -0.4 is 9.47 Å². The van der Waals surface area contributed by atoms with E-state index >= 15 is 0 Å². The van der Waals surface area contributed by atoms with E-state index in [0.717, 1.165) is 17.1 Å². The SMILES string of the molecule is C=C(Oc1ccc(C)cc1)c1ccc(OC(C)C)cc1. The fourth-order valence-electron chi connectivity index (χ4n) is 1.80. The molecule has 0 unspecified atom stereocenters. The van der Waals surface area contributed by atoms with Crippen molar-refractivity contribution in [2.45, 2.75) is 26.9 Å². The van der Waals surface area contributed by atoms with E-state index in [1.165, 1.54) is 5.56 Å². The maximum Gasteiger partial charge on any atom is 0.127 e. The Morgan fingerprint density at radius 1 is 0.900 bits per heavy atom. The topological polar surface area (TPSA) is 18.5 Å². The molecule has 2 nitrogen and oxygen atoms in total. The van der Waals surface area contributed by atoms with Gasteiger partial charge in [-0.3, -0.25) is 0 Å². The summed E-state index contributed by atoms with van der Waals surface area (Å²) in [5, 5.41) is 0. The zero-order valence-corrected chi connectivity index (χ0v) is 12.2. The van der Waals surface area contributed by atoms with Crippen molar-refractivity contribution in [1.82, 2.24) is 0 Å². The monoisotopic (exact) mass is 268 g/mol. The molecular formula is C18H20O2. The van der Waals surface area contributed by atoms with Gasteiger partial charge in [0.25, 0.3) is 0 Å². The van der Waals surface area contributed by atoms with Gasteiger partial charge in [0, 0.05) is 5.56 Å². The molecule has 2 aromatic rings. The number of hydrogen-bond acceptors (Lipinski definition) is 2. The first-order valence-electron chi connectivity index (χ1n) is 6.75. The molecule has 0 bridgehead atoms. The quantitative estimate of drug-likeness (QED) is 0.723. The van der Waals surface area contributed by atoms with Crippen molar-refractivity contribution >= 4 is 5.76 Å². The molecule has 0 N–H and O–H groups in total. The summed E-state index contributed by atoms with van der Waals surface area (Å²) < 4.78 is 11.4. The van der Waals surface area contributed by atoms with Crippen molar-refractivity contribution in [3.63, 3.8) is 0 Å². The van der Waals surface area contributed by atoms with Gasteiger partial charge in [-0.25, -0.2) is 0 Å². The zero-order chi connectivity index (χ0) is 14.5. The Morgan fingerprint density at radius 3 is 2.00 bits per heavy atom. The zero-order valence-electron chi connectivity index (χ0n) is 12.2. The summed E-state index contributed by atoms with van der Waals surface area (Å²) in [7, 11) is 0. The van der Waals surface area contributed by atoms with E-state index in [9.17, 15) is 0 Å². The summed E-state index contributed by atoms with van der Waals surface area (Å²) in [6, 6.07) is 15.7. The van der Waals surface area contributed by atoms with Crippen molar-refractivity contribution in [2.24, 2.45) is 0 Å². The van der Waals surface area contributed by atoms with Crippen LogP contribution in [0.25, 0.3) is 5.76 Å². The maximum atomic E-state index is 5.74. The van der Waals surface area contributed by atoms with Crippen LogP contribution in [0.2, 0.25) is 0 Å². The van der Waals surface area contributed by atoms with Crippen molar-refractivity contribution < 1.29 is 9.47 Å². The molecule has 0 spiro atoms. The van der Waals surface area contributed by atoms with Crippen molar-refractivity contribution in [2.75, 3.05) is 0 Å². The fraction of sp³-hybridized carbons (Fsp3) is 0.222. The molecule has 0 aromatic heterocycles. The van der Waals surface area contributed by atoms with Crippen LogP contribution >= 0.6 is 0 Å². The second-order valence-electron chi connectivity index (χ2n) is 5.03. The largest absolute Gasteiger partial charge is 0.491 e. The van der Waals surface area contributed by atoms with Crippen LogP contribution in [0, 0.1) is 6.92 Å². The van der Waals surface area contributed by atoms with Gasteiger partial charge in [0.1, 0.15) is 17.3 Å². The van der Waals surface area contributed by atoms with Gasteiger partial charge in [-0.2, -0.15) is 0 Å². The first-order chi connectivity index (χ1) is 9.54. The number of rotatable bonds is 5. The third kappa shape index (κ3) is 3.89. The summed E-state index contributed by atoms with van der Waals surface area (Å²) in [6.45, 7) is 10.0. The summed E-state index contributed by atoms with van der Waals surface area (Å²) in [5.41, 5.74) is 2.15. The lowest BCUT2D eigenvalue weighted by Crippen LogP contribution is -2.05. The number of benzene rings is 2. The van der Waals surface area contributed by atoms with E-state index in [0.29, 0.717) is 5.76 Å². The Bertz CT molecular complexity index is 565. The van der Waals surface area contributed by atoms with Crippen molar-refractivity contribution in [1.29, 1.82) is 0 Å². The lowest BCUT2D eigenvalue weighted by molar-refractivity contribution is 0.242. The highest BCUT2D eigenvalue weighted by Gasteiger charge is 2.03. The van der Waals surface area contributed by atoms with Gasteiger partial charge in [-0.1, -0.05) is 24.3 Å². The smallest absolute Gasteiger partial charge is 0.127 e. The molecule has 2 heteroatoms. The number of hydrogen-bond donors (Lipinski definition) is 0. The van der Waals surface area contributed by atoms with Gasteiger partial charge in [0.05, 0.1) is 6.10 Å². The molecule has 20 heavy (non-hydrogen) atoms. The van der Waals surface area contributed by atoms with Gasteiger partial charge >= 0.3 is 0 Å². The highest BCUT2D eigenvalue weighted by atomic mass is 16.5. The van der Waals surface area contributed by atoms with Crippen LogP contribution in [0.3, 0.4) is 0 Å². The first kappa shape index (κ1) is 14.2. The molecule has 0 amide bonds. The van der Waals surface area contributed by atoms with Crippen molar-refractivity contribution in [3.8, 4) is 11.5 Å². The third-order valence-corrected chi connectivity index (χ3v) is 2.81. The normalized spacial score (nSPS) is 10.4. The molecule has 0 heterocycles. The lowest BCUT2D eigenvalue weighted by Gasteiger charge is -2.12. The molecule has 0 radical (unpaired) electrons. The molecule has 2 rings (SSSR count). The lowest BCUT2D eigenvalue weighted by atomic mass is 10.2. The summed E-state index contributed by atoms with van der Waals surface area (Å²) >= 11 is 0. The molecule has 0 aliphatic rings. The van der Waals surface area contributed by atoms with Gasteiger partial charge < -0.3 is 9.47 Å². The summed E-state index contributed by atoms with van der Waals surface area (Å²) in [5.74, 6) is 2.28. The molecule has 0 atom stereocenters. The average Bonchev–Trinajstić information content (AvgIpc) is 2.41. The van der Waals surface area contributed by atoms with Gasteiger partial charge in [0.15, 0.2) is 0 Å².